The van der Waals surface area contributed by atoms with Gasteiger partial charge in [-0.05, 0) is 10.1 Å². The molecule has 11 heteroatoms. The second kappa shape index (κ2) is 10.1. The van der Waals surface area contributed by atoms with Crippen molar-refractivity contribution in [2.75, 3.05) is 11.8 Å². The van der Waals surface area contributed by atoms with E-state index in [1.807, 2.05) is 0 Å². The topological polar surface area (TPSA) is 0 Å². The molecule has 0 aromatic rings. The van der Waals surface area contributed by atoms with Crippen LogP contribution >= 0.6 is 116 Å². The van der Waals surface area contributed by atoms with Crippen LogP contribution in [0.5, 0.6) is 0 Å². The second-order valence-corrected chi connectivity index (χ2v) is 8.58. The minimum Gasteiger partial charge on any atom is -0.227 e. The van der Waals surface area contributed by atoms with Gasteiger partial charge >= 0.3 is 17.1 Å². The molecule has 130 valence electrons. The van der Waals surface area contributed by atoms with Gasteiger partial charge in [-0.1, -0.05) is 10.1 Å². The normalized spacial score (nSPS) is 21.5. The summed E-state index contributed by atoms with van der Waals surface area (Å²) in [5.41, 5.74) is 1.09. The first kappa shape index (κ1) is 25.4. The molecule has 0 heterocycles. The number of hydrogen-bond donors (Lipinski definition) is 0. The number of rotatable bonds is 2. The summed E-state index contributed by atoms with van der Waals surface area (Å²) in [6, 6.07) is 0. The molecule has 0 radical (unpaired) electrons. The van der Waals surface area contributed by atoms with Crippen LogP contribution in [0.1, 0.15) is 0 Å². The summed E-state index contributed by atoms with van der Waals surface area (Å²) < 4.78 is -2.63. The molecule has 0 aromatic heterocycles. The van der Waals surface area contributed by atoms with Gasteiger partial charge in [-0.3, -0.25) is 0 Å². The van der Waals surface area contributed by atoms with E-state index >= 15 is 0 Å². The maximum Gasteiger partial charge on any atom is 2.00 e. The van der Waals surface area contributed by atoms with Crippen LogP contribution in [0.4, 0.5) is 0 Å². The van der Waals surface area contributed by atoms with Gasteiger partial charge in [-0.2, -0.15) is 11.1 Å². The third-order valence-corrected chi connectivity index (χ3v) is 6.38. The summed E-state index contributed by atoms with van der Waals surface area (Å²) in [5.74, 6) is 0.409. The third-order valence-electron chi connectivity index (χ3n) is 2.35. The van der Waals surface area contributed by atoms with Crippen LogP contribution in [0, 0.1) is 12.2 Å². The predicted octanol–water partition coefficient (Wildman–Crippen LogP) is 7.66. The van der Waals surface area contributed by atoms with Crippen LogP contribution in [-0.2, 0) is 17.1 Å². The first-order valence-corrected chi connectivity index (χ1v) is 9.35. The molecule has 2 rings (SSSR count). The number of hydrogen-bond acceptors (Lipinski definition) is 0. The fraction of sp³-hybridized carbons (Fsp3) is 0.333. The molecule has 0 amide bonds. The number of halogens is 10. The SMILES string of the molecule is ClCC1=[C-]C(Cl)(Cl)C(Cl)=C1Cl.ClCC1=[C-]C(Cl)(Cl)C(Cl)=C1Cl.[Fe+2]. The van der Waals surface area contributed by atoms with Gasteiger partial charge in [0.25, 0.3) is 0 Å². The van der Waals surface area contributed by atoms with Gasteiger partial charge in [0.1, 0.15) is 0 Å². The van der Waals surface area contributed by atoms with Gasteiger partial charge in [-0.25, -0.2) is 35.4 Å². The molecule has 0 bridgehead atoms. The smallest absolute Gasteiger partial charge is 0.227 e. The largest absolute Gasteiger partial charge is 2.00 e. The zero-order valence-corrected chi connectivity index (χ0v) is 19.2. The monoisotopic (exact) mass is 554 g/mol. The summed E-state index contributed by atoms with van der Waals surface area (Å²) in [5, 5.41) is 0.926. The summed E-state index contributed by atoms with van der Waals surface area (Å²) in [6.07, 6.45) is 5.31. The van der Waals surface area contributed by atoms with E-state index in [1.54, 1.807) is 0 Å². The maximum atomic E-state index is 5.71. The van der Waals surface area contributed by atoms with E-state index in [-0.39, 0.29) is 38.9 Å². The van der Waals surface area contributed by atoms with E-state index in [9.17, 15) is 0 Å². The van der Waals surface area contributed by atoms with Crippen LogP contribution in [0.3, 0.4) is 0 Å². The fourth-order valence-corrected chi connectivity index (χ4v) is 3.72. The van der Waals surface area contributed by atoms with Crippen LogP contribution in [-0.4, -0.2) is 20.4 Å². The Bertz CT molecular complexity index is 533. The van der Waals surface area contributed by atoms with Gasteiger partial charge in [-0.15, -0.1) is 92.8 Å². The van der Waals surface area contributed by atoms with Gasteiger partial charge in [0, 0.05) is 11.8 Å². The molecular weight excluding hydrogens is 555 g/mol. The fourth-order valence-electron chi connectivity index (χ4n) is 1.32. The van der Waals surface area contributed by atoms with Crippen molar-refractivity contribution < 1.29 is 17.1 Å². The number of alkyl halides is 6. The minimum atomic E-state index is -1.32. The molecule has 0 saturated carbocycles. The molecule has 0 N–H and O–H groups in total. The minimum absolute atomic E-state index is 0. The van der Waals surface area contributed by atoms with Crippen molar-refractivity contribution in [1.29, 1.82) is 0 Å². The molecule has 23 heavy (non-hydrogen) atoms. The van der Waals surface area contributed by atoms with E-state index in [2.05, 4.69) is 12.2 Å². The molecule has 0 unspecified atom stereocenters. The van der Waals surface area contributed by atoms with Crippen molar-refractivity contribution in [2.24, 2.45) is 0 Å². The first-order chi connectivity index (χ1) is 9.97. The molecule has 0 spiro atoms. The Morgan fingerprint density at radius 3 is 1.00 bits per heavy atom. The standard InChI is InChI=1S/2C6H2Cl5.Fe/c2*7-2-3-1-6(10,11)5(9)4(3)8;/h2*2H2;/q2*-1;+2. The summed E-state index contributed by atoms with van der Waals surface area (Å²) in [4.78, 5) is 0. The first-order valence-electron chi connectivity index (χ1n) is 5.25. The van der Waals surface area contributed by atoms with Gasteiger partial charge < -0.3 is 0 Å². The van der Waals surface area contributed by atoms with Gasteiger partial charge in [0.15, 0.2) is 0 Å². The van der Waals surface area contributed by atoms with E-state index in [4.69, 9.17) is 116 Å². The van der Waals surface area contributed by atoms with Crippen molar-refractivity contribution in [2.45, 2.75) is 8.67 Å². The molecule has 2 aliphatic rings. The van der Waals surface area contributed by atoms with E-state index in [1.165, 1.54) is 0 Å². The zero-order chi connectivity index (χ0) is 17.3. The number of allylic oxidation sites excluding steroid dienone is 8. The maximum absolute atomic E-state index is 5.71. The van der Waals surface area contributed by atoms with Crippen LogP contribution < -0.4 is 0 Å². The quantitative estimate of drug-likeness (QED) is 0.186. The summed E-state index contributed by atoms with van der Waals surface area (Å²) in [7, 11) is 0. The van der Waals surface area contributed by atoms with E-state index < -0.39 is 8.67 Å². The second-order valence-electron chi connectivity index (χ2n) is 3.88. The van der Waals surface area contributed by atoms with Crippen molar-refractivity contribution in [1.82, 2.24) is 0 Å². The summed E-state index contributed by atoms with van der Waals surface area (Å²) >= 11 is 56.5. The average Bonchev–Trinajstić information content (AvgIpc) is 2.78. The molecule has 0 atom stereocenters. The molecule has 0 saturated heterocycles. The van der Waals surface area contributed by atoms with E-state index in [0.29, 0.717) is 21.2 Å². The van der Waals surface area contributed by atoms with Crippen LogP contribution in [0.25, 0.3) is 0 Å². The van der Waals surface area contributed by atoms with E-state index in [0.717, 1.165) is 0 Å². The Kier molecular flexibility index (Phi) is 11.1. The molecule has 0 nitrogen and oxygen atoms in total. The molecular formula is C12H4Cl10Fe. The van der Waals surface area contributed by atoms with Crippen molar-refractivity contribution in [3.8, 4) is 0 Å². The Morgan fingerprint density at radius 2 is 0.913 bits per heavy atom. The molecule has 0 aromatic carbocycles. The van der Waals surface area contributed by atoms with Crippen molar-refractivity contribution in [3.05, 3.63) is 43.4 Å². The Labute approximate surface area is 195 Å². The third kappa shape index (κ3) is 6.20. The Hall–Kier alpha value is 2.38. The average molecular weight is 559 g/mol. The Balaban J connectivity index is 0.000000403. The molecule has 0 aliphatic heterocycles. The molecule has 2 aliphatic carbocycles. The zero-order valence-electron chi connectivity index (χ0n) is 10.5. The van der Waals surface area contributed by atoms with Gasteiger partial charge in [0.05, 0.1) is 8.67 Å². The van der Waals surface area contributed by atoms with Crippen molar-refractivity contribution >= 4 is 116 Å². The van der Waals surface area contributed by atoms with Gasteiger partial charge in [0.2, 0.25) is 0 Å². The molecule has 0 fully saturated rings. The Morgan fingerprint density at radius 1 is 0.652 bits per heavy atom. The van der Waals surface area contributed by atoms with Crippen molar-refractivity contribution in [3.63, 3.8) is 0 Å². The van der Waals surface area contributed by atoms with Crippen LogP contribution in [0.15, 0.2) is 31.3 Å². The van der Waals surface area contributed by atoms with Crippen LogP contribution in [0.2, 0.25) is 0 Å². The predicted molar refractivity (Wildman–Crippen MR) is 101 cm³/mol. The summed E-state index contributed by atoms with van der Waals surface area (Å²) in [6.45, 7) is 0.